The summed E-state index contributed by atoms with van der Waals surface area (Å²) >= 11 is 3.23. The molecule has 0 bridgehead atoms. The largest absolute Gasteiger partial charge is 0.343 e. The van der Waals surface area contributed by atoms with Crippen LogP contribution in [-0.4, -0.2) is 27.0 Å². The lowest BCUT2D eigenvalue weighted by atomic mass is 10.2. The molecule has 0 saturated heterocycles. The molecule has 0 heterocycles. The van der Waals surface area contributed by atoms with Gasteiger partial charge in [-0.3, -0.25) is 4.79 Å². The molecular formula is C15H12BrF3N2O3S. The SMILES string of the molecule is O=C(Nc1ccc(Br)cc1)c1ccccc1S(=O)(=O)NC(F)(F)CF. The number of carbonyl (C=O) groups excluding carboxylic acids is 1. The first-order chi connectivity index (χ1) is 11.6. The number of rotatable bonds is 6. The zero-order chi connectivity index (χ0) is 18.7. The molecule has 10 heteroatoms. The van der Waals surface area contributed by atoms with Crippen molar-refractivity contribution in [2.75, 3.05) is 12.0 Å². The standard InChI is InChI=1S/C15H12BrF3N2O3S/c16-10-5-7-11(8-6-10)20-14(22)12-3-1-2-4-13(12)25(23,24)21-15(18,19)9-17/h1-8,21H,9H2,(H,20,22). The van der Waals surface area contributed by atoms with Crippen LogP contribution in [0.2, 0.25) is 0 Å². The fourth-order valence-corrected chi connectivity index (χ4v) is 3.43. The molecule has 0 radical (unpaired) electrons. The fourth-order valence-electron chi connectivity index (χ4n) is 1.90. The van der Waals surface area contributed by atoms with Crippen molar-refractivity contribution < 1.29 is 26.4 Å². The quantitative estimate of drug-likeness (QED) is 0.679. The molecule has 2 rings (SSSR count). The molecule has 0 unspecified atom stereocenters. The highest BCUT2D eigenvalue weighted by Crippen LogP contribution is 2.21. The maximum atomic E-state index is 13.1. The normalized spacial score (nSPS) is 12.0. The lowest BCUT2D eigenvalue weighted by Crippen LogP contribution is -2.43. The summed E-state index contributed by atoms with van der Waals surface area (Å²) in [6, 6.07) is 6.95. The van der Waals surface area contributed by atoms with Gasteiger partial charge in [-0.05, 0) is 36.4 Å². The first-order valence-electron chi connectivity index (χ1n) is 6.78. The smallest absolute Gasteiger partial charge is 0.322 e. The summed E-state index contributed by atoms with van der Waals surface area (Å²) < 4.78 is 64.3. The third-order valence-corrected chi connectivity index (χ3v) is 5.01. The number of amides is 1. The molecule has 25 heavy (non-hydrogen) atoms. The monoisotopic (exact) mass is 436 g/mol. The summed E-state index contributed by atoms with van der Waals surface area (Å²) in [7, 11) is -4.81. The van der Waals surface area contributed by atoms with Crippen LogP contribution in [-0.2, 0) is 10.0 Å². The van der Waals surface area contributed by atoms with Gasteiger partial charge < -0.3 is 5.32 Å². The van der Waals surface area contributed by atoms with Crippen LogP contribution in [0.3, 0.4) is 0 Å². The van der Waals surface area contributed by atoms with Crippen molar-refractivity contribution in [1.82, 2.24) is 4.72 Å². The molecule has 0 aromatic heterocycles. The lowest BCUT2D eigenvalue weighted by molar-refractivity contribution is -0.0330. The number of hydrogen-bond donors (Lipinski definition) is 2. The van der Waals surface area contributed by atoms with Crippen molar-refractivity contribution >= 4 is 37.5 Å². The first-order valence-corrected chi connectivity index (χ1v) is 9.06. The van der Waals surface area contributed by atoms with Crippen LogP contribution in [0.25, 0.3) is 0 Å². The molecule has 134 valence electrons. The second-order valence-corrected chi connectivity index (χ2v) is 7.47. The lowest BCUT2D eigenvalue weighted by Gasteiger charge is -2.16. The maximum absolute atomic E-state index is 13.1. The van der Waals surface area contributed by atoms with Gasteiger partial charge in [-0.2, -0.15) is 8.78 Å². The molecular weight excluding hydrogens is 425 g/mol. The number of anilines is 1. The Hall–Kier alpha value is -1.91. The molecule has 0 aliphatic heterocycles. The Kier molecular flexibility index (Phi) is 5.86. The number of carbonyl (C=O) groups is 1. The van der Waals surface area contributed by atoms with Crippen LogP contribution in [0, 0.1) is 0 Å². The number of halogens is 4. The van der Waals surface area contributed by atoms with E-state index in [2.05, 4.69) is 21.2 Å². The molecule has 0 atom stereocenters. The van der Waals surface area contributed by atoms with Crippen molar-refractivity contribution in [2.45, 2.75) is 10.9 Å². The van der Waals surface area contributed by atoms with Crippen molar-refractivity contribution in [3.8, 4) is 0 Å². The van der Waals surface area contributed by atoms with Gasteiger partial charge in [-0.25, -0.2) is 12.8 Å². The van der Waals surface area contributed by atoms with E-state index >= 15 is 0 Å². The Balaban J connectivity index is 2.34. The van der Waals surface area contributed by atoms with Crippen LogP contribution >= 0.6 is 15.9 Å². The van der Waals surface area contributed by atoms with Crippen LogP contribution in [0.15, 0.2) is 57.9 Å². The molecule has 0 fully saturated rings. The summed E-state index contributed by atoms with van der Waals surface area (Å²) in [5.41, 5.74) is 0.0232. The number of benzene rings is 2. The average Bonchev–Trinajstić information content (AvgIpc) is 2.56. The third-order valence-electron chi connectivity index (χ3n) is 2.97. The van der Waals surface area contributed by atoms with Crippen LogP contribution in [0.1, 0.15) is 10.4 Å². The van der Waals surface area contributed by atoms with E-state index in [-0.39, 0.29) is 5.56 Å². The molecule has 5 nitrogen and oxygen atoms in total. The van der Waals surface area contributed by atoms with E-state index < -0.39 is 33.5 Å². The summed E-state index contributed by atoms with van der Waals surface area (Å²) in [6.45, 7) is -2.21. The van der Waals surface area contributed by atoms with E-state index in [1.165, 1.54) is 12.1 Å². The van der Waals surface area contributed by atoms with Gasteiger partial charge in [0.1, 0.15) is 0 Å². The molecule has 2 N–H and O–H groups in total. The van der Waals surface area contributed by atoms with Gasteiger partial charge >= 0.3 is 6.05 Å². The van der Waals surface area contributed by atoms with Crippen molar-refractivity contribution in [1.29, 1.82) is 0 Å². The van der Waals surface area contributed by atoms with E-state index in [0.29, 0.717) is 5.69 Å². The van der Waals surface area contributed by atoms with Gasteiger partial charge in [0, 0.05) is 10.2 Å². The predicted octanol–water partition coefficient (Wildman–Crippen LogP) is 3.54. The van der Waals surface area contributed by atoms with Crippen LogP contribution in [0.4, 0.5) is 18.9 Å². The first kappa shape index (κ1) is 19.4. The summed E-state index contributed by atoms with van der Waals surface area (Å²) in [4.78, 5) is 11.6. The maximum Gasteiger partial charge on any atom is 0.343 e. The predicted molar refractivity (Wildman–Crippen MR) is 89.8 cm³/mol. The number of sulfonamides is 1. The Morgan fingerprint density at radius 2 is 1.68 bits per heavy atom. The summed E-state index contributed by atoms with van der Waals surface area (Å²) in [5, 5.41) is 2.46. The highest BCUT2D eigenvalue weighted by molar-refractivity contribution is 9.10. The minimum Gasteiger partial charge on any atom is -0.322 e. The van der Waals surface area contributed by atoms with E-state index in [9.17, 15) is 26.4 Å². The van der Waals surface area contributed by atoms with Crippen molar-refractivity contribution in [2.24, 2.45) is 0 Å². The van der Waals surface area contributed by atoms with Gasteiger partial charge in [0.25, 0.3) is 5.91 Å². The van der Waals surface area contributed by atoms with Gasteiger partial charge in [0.05, 0.1) is 10.5 Å². The van der Waals surface area contributed by atoms with E-state index in [0.717, 1.165) is 21.3 Å². The Bertz CT molecular complexity index is 874. The van der Waals surface area contributed by atoms with Crippen molar-refractivity contribution in [3.05, 3.63) is 58.6 Å². The van der Waals surface area contributed by atoms with Gasteiger partial charge in [0.2, 0.25) is 10.0 Å². The van der Waals surface area contributed by atoms with Crippen LogP contribution in [0.5, 0.6) is 0 Å². The van der Waals surface area contributed by atoms with Crippen molar-refractivity contribution in [3.63, 3.8) is 0 Å². The van der Waals surface area contributed by atoms with Gasteiger partial charge in [-0.15, -0.1) is 4.72 Å². The average molecular weight is 437 g/mol. The number of hydrogen-bond acceptors (Lipinski definition) is 3. The van der Waals surface area contributed by atoms with E-state index in [4.69, 9.17) is 0 Å². The number of nitrogens with one attached hydrogen (secondary N) is 2. The molecule has 2 aromatic rings. The Labute approximate surface area is 150 Å². The minimum atomic E-state index is -4.81. The minimum absolute atomic E-state index is 0.354. The van der Waals surface area contributed by atoms with Crippen LogP contribution < -0.4 is 10.0 Å². The second-order valence-electron chi connectivity index (χ2n) is 4.90. The van der Waals surface area contributed by atoms with Gasteiger partial charge in [0.15, 0.2) is 6.67 Å². The zero-order valence-corrected chi connectivity index (χ0v) is 14.9. The molecule has 0 aliphatic rings. The Morgan fingerprint density at radius 3 is 2.28 bits per heavy atom. The summed E-state index contributed by atoms with van der Waals surface area (Å²) in [6.07, 6.45) is 0. The Morgan fingerprint density at radius 1 is 1.08 bits per heavy atom. The topological polar surface area (TPSA) is 75.3 Å². The highest BCUT2D eigenvalue weighted by atomic mass is 79.9. The second kappa shape index (κ2) is 7.54. The molecule has 2 aromatic carbocycles. The third kappa shape index (κ3) is 5.03. The molecule has 0 spiro atoms. The zero-order valence-electron chi connectivity index (χ0n) is 12.5. The van der Waals surface area contributed by atoms with E-state index in [1.807, 2.05) is 0 Å². The molecule has 0 aliphatic carbocycles. The molecule has 1 amide bonds. The molecule has 0 saturated carbocycles. The highest BCUT2D eigenvalue weighted by Gasteiger charge is 2.36. The fraction of sp³-hybridized carbons (Fsp3) is 0.133. The van der Waals surface area contributed by atoms with Gasteiger partial charge in [-0.1, -0.05) is 28.1 Å². The van der Waals surface area contributed by atoms with E-state index in [1.54, 1.807) is 24.3 Å². The summed E-state index contributed by atoms with van der Waals surface area (Å²) in [5.74, 6) is -0.813. The number of alkyl halides is 3.